The molecule has 5 heteroatoms. The lowest BCUT2D eigenvalue weighted by Crippen LogP contribution is -2.34. The van der Waals surface area contributed by atoms with E-state index >= 15 is 0 Å². The molecule has 3 heterocycles. The minimum absolute atomic E-state index is 0.178. The first-order valence-electron chi connectivity index (χ1n) is 10.4. The van der Waals surface area contributed by atoms with E-state index < -0.39 is 0 Å². The molecule has 0 aromatic heterocycles. The van der Waals surface area contributed by atoms with Gasteiger partial charge in [-0.25, -0.2) is 4.31 Å². The van der Waals surface area contributed by atoms with Crippen LogP contribution in [0.3, 0.4) is 0 Å². The van der Waals surface area contributed by atoms with Crippen molar-refractivity contribution in [2.75, 3.05) is 12.3 Å². The summed E-state index contributed by atoms with van der Waals surface area (Å²) >= 11 is 5.87. The molecule has 2 unspecified atom stereocenters. The van der Waals surface area contributed by atoms with Gasteiger partial charge in [-0.2, -0.15) is 0 Å². The minimum Gasteiger partial charge on any atom is -0.486 e. The molecule has 3 aliphatic heterocycles. The zero-order chi connectivity index (χ0) is 20.7. The standard InChI is InChI=1S/C23H37NOS3/c1-21(2,3)19-14-25-20(27-19)13-23(7,8)17-10-12-26-15-16(17)18-9-11-24(28-18)22(4,5)6/h9,14-15,17,20H,10-13H2,1-8H3. The topological polar surface area (TPSA) is 12.5 Å². The van der Waals surface area contributed by atoms with Crippen LogP contribution in [0, 0.1) is 16.7 Å². The Labute approximate surface area is 185 Å². The second-order valence-electron chi connectivity index (χ2n) is 10.8. The normalized spacial score (nSPS) is 27.4. The van der Waals surface area contributed by atoms with Crippen molar-refractivity contribution in [3.63, 3.8) is 0 Å². The first kappa shape index (κ1) is 22.7. The predicted octanol–water partition coefficient (Wildman–Crippen LogP) is 7.66. The summed E-state index contributed by atoms with van der Waals surface area (Å²) in [4.78, 5) is 2.85. The van der Waals surface area contributed by atoms with Crippen LogP contribution in [0.25, 0.3) is 0 Å². The molecule has 0 aromatic rings. The quantitative estimate of drug-likeness (QED) is 0.415. The maximum absolute atomic E-state index is 6.09. The Kier molecular flexibility index (Phi) is 6.72. The number of rotatable bonds is 4. The predicted molar refractivity (Wildman–Crippen MR) is 129 cm³/mol. The molecule has 2 atom stereocenters. The highest BCUT2D eigenvalue weighted by molar-refractivity contribution is 8.03. The van der Waals surface area contributed by atoms with E-state index in [9.17, 15) is 0 Å². The first-order chi connectivity index (χ1) is 12.9. The second-order valence-corrected chi connectivity index (χ2v) is 14.0. The molecule has 2 nitrogen and oxygen atoms in total. The summed E-state index contributed by atoms with van der Waals surface area (Å²) < 4.78 is 8.59. The average molecular weight is 440 g/mol. The molecule has 0 N–H and O–H groups in total. The van der Waals surface area contributed by atoms with Gasteiger partial charge in [0, 0.05) is 21.9 Å². The summed E-state index contributed by atoms with van der Waals surface area (Å²) in [7, 11) is 0. The molecule has 158 valence electrons. The van der Waals surface area contributed by atoms with Gasteiger partial charge in [0.1, 0.15) is 5.44 Å². The van der Waals surface area contributed by atoms with Crippen molar-refractivity contribution in [1.29, 1.82) is 0 Å². The van der Waals surface area contributed by atoms with Gasteiger partial charge < -0.3 is 4.74 Å². The van der Waals surface area contributed by atoms with Crippen molar-refractivity contribution in [3.05, 3.63) is 33.1 Å². The Hall–Kier alpha value is 0.0300. The minimum atomic E-state index is 0.178. The average Bonchev–Trinajstić information content (AvgIpc) is 3.22. The molecule has 0 aliphatic carbocycles. The highest BCUT2D eigenvalue weighted by Crippen LogP contribution is 2.52. The molecular formula is C23H37NOS3. The molecule has 3 rings (SSSR count). The molecule has 0 spiro atoms. The zero-order valence-corrected chi connectivity index (χ0v) is 21.2. The summed E-state index contributed by atoms with van der Waals surface area (Å²) in [5, 5.41) is 2.45. The third kappa shape index (κ3) is 5.19. The maximum Gasteiger partial charge on any atom is 0.148 e. The monoisotopic (exact) mass is 439 g/mol. The summed E-state index contributed by atoms with van der Waals surface area (Å²) in [5.41, 5.74) is 2.39. The van der Waals surface area contributed by atoms with E-state index in [0.29, 0.717) is 5.92 Å². The van der Waals surface area contributed by atoms with Crippen LogP contribution in [0.15, 0.2) is 33.1 Å². The van der Waals surface area contributed by atoms with Crippen molar-refractivity contribution in [3.8, 4) is 0 Å². The number of ether oxygens (including phenoxy) is 1. The van der Waals surface area contributed by atoms with Crippen LogP contribution >= 0.6 is 35.5 Å². The van der Waals surface area contributed by atoms with Crippen LogP contribution in [0.1, 0.15) is 68.2 Å². The van der Waals surface area contributed by atoms with E-state index in [1.54, 1.807) is 5.57 Å². The van der Waals surface area contributed by atoms with Gasteiger partial charge in [0.05, 0.1) is 6.26 Å². The van der Waals surface area contributed by atoms with Gasteiger partial charge in [0.2, 0.25) is 0 Å². The third-order valence-electron chi connectivity index (χ3n) is 5.75. The Balaban J connectivity index is 1.69. The van der Waals surface area contributed by atoms with Gasteiger partial charge in [-0.3, -0.25) is 0 Å². The van der Waals surface area contributed by atoms with Crippen LogP contribution < -0.4 is 0 Å². The molecular weight excluding hydrogens is 402 g/mol. The summed E-state index contributed by atoms with van der Waals surface area (Å²) in [6, 6.07) is 0. The van der Waals surface area contributed by atoms with Gasteiger partial charge in [0.25, 0.3) is 0 Å². The van der Waals surface area contributed by atoms with Gasteiger partial charge in [-0.1, -0.05) is 52.5 Å². The lowest BCUT2D eigenvalue weighted by atomic mass is 9.71. The van der Waals surface area contributed by atoms with Crippen LogP contribution in [0.4, 0.5) is 0 Å². The molecule has 0 bridgehead atoms. The molecule has 0 radical (unpaired) electrons. The highest BCUT2D eigenvalue weighted by Gasteiger charge is 2.41. The molecule has 3 aliphatic rings. The Bertz CT molecular complexity index is 679. The molecule has 0 saturated heterocycles. The molecule has 0 amide bonds. The molecule has 0 fully saturated rings. The Morgan fingerprint density at radius 2 is 1.82 bits per heavy atom. The van der Waals surface area contributed by atoms with Gasteiger partial charge >= 0.3 is 0 Å². The maximum atomic E-state index is 6.09. The number of hydrogen-bond acceptors (Lipinski definition) is 5. The lowest BCUT2D eigenvalue weighted by Gasteiger charge is -2.40. The molecule has 28 heavy (non-hydrogen) atoms. The fourth-order valence-corrected chi connectivity index (χ4v) is 7.43. The van der Waals surface area contributed by atoms with Gasteiger partial charge in [-0.15, -0.1) is 11.8 Å². The number of thioether (sulfide) groups is 2. The fraction of sp³-hybridized carbons (Fsp3) is 0.739. The first-order valence-corrected chi connectivity index (χ1v) is 13.1. The molecule has 0 aromatic carbocycles. The van der Waals surface area contributed by atoms with Crippen molar-refractivity contribution >= 4 is 35.5 Å². The van der Waals surface area contributed by atoms with E-state index in [-0.39, 0.29) is 21.8 Å². The summed E-state index contributed by atoms with van der Waals surface area (Å²) in [6.07, 6.45) is 6.79. The number of nitrogens with zero attached hydrogens (tertiary/aromatic N) is 1. The van der Waals surface area contributed by atoms with E-state index in [4.69, 9.17) is 4.74 Å². The lowest BCUT2D eigenvalue weighted by molar-refractivity contribution is 0.132. The zero-order valence-electron chi connectivity index (χ0n) is 18.8. The van der Waals surface area contributed by atoms with Crippen molar-refractivity contribution in [2.45, 2.75) is 79.2 Å². The summed E-state index contributed by atoms with van der Waals surface area (Å²) in [6.45, 7) is 19.7. The van der Waals surface area contributed by atoms with Crippen molar-refractivity contribution < 1.29 is 4.74 Å². The van der Waals surface area contributed by atoms with E-state index in [2.05, 4.69) is 71.2 Å². The van der Waals surface area contributed by atoms with E-state index in [0.717, 1.165) is 13.0 Å². The Morgan fingerprint density at radius 3 is 2.39 bits per heavy atom. The van der Waals surface area contributed by atoms with Gasteiger partial charge in [-0.05, 0) is 79.0 Å². The smallest absolute Gasteiger partial charge is 0.148 e. The summed E-state index contributed by atoms with van der Waals surface area (Å²) in [5.74, 6) is 1.82. The number of hydrogen-bond donors (Lipinski definition) is 0. The fourth-order valence-electron chi connectivity index (χ4n) is 3.90. The Morgan fingerprint density at radius 1 is 1.11 bits per heavy atom. The number of allylic oxidation sites excluding steroid dienone is 2. The SMILES string of the molecule is CC(C)(C)C1=COC(CC(C)(C)C2CCSC=C2C2=CCN(C(C)(C)C)S2)S1. The van der Waals surface area contributed by atoms with Crippen LogP contribution in [-0.4, -0.2) is 27.6 Å². The van der Waals surface area contributed by atoms with Crippen LogP contribution in [-0.2, 0) is 4.74 Å². The largest absolute Gasteiger partial charge is 0.486 e. The highest BCUT2D eigenvalue weighted by atomic mass is 32.2. The van der Waals surface area contributed by atoms with Crippen molar-refractivity contribution in [1.82, 2.24) is 4.31 Å². The molecule has 0 saturated carbocycles. The second kappa shape index (κ2) is 8.28. The van der Waals surface area contributed by atoms with E-state index in [1.807, 2.05) is 41.7 Å². The third-order valence-corrected chi connectivity index (χ3v) is 9.67. The van der Waals surface area contributed by atoms with Gasteiger partial charge in [0.15, 0.2) is 0 Å². The van der Waals surface area contributed by atoms with Crippen molar-refractivity contribution in [2.24, 2.45) is 16.7 Å². The van der Waals surface area contributed by atoms with E-state index in [1.165, 1.54) is 22.0 Å². The van der Waals surface area contributed by atoms with Crippen LogP contribution in [0.2, 0.25) is 0 Å². The van der Waals surface area contributed by atoms with Crippen LogP contribution in [0.5, 0.6) is 0 Å².